The second-order valence-electron chi connectivity index (χ2n) is 4.39. The fraction of sp³-hybridized carbons (Fsp3) is 0.385. The van der Waals surface area contributed by atoms with E-state index in [2.05, 4.69) is 11.4 Å². The topological polar surface area (TPSA) is 39.1 Å². The highest BCUT2D eigenvalue weighted by atomic mass is 32.1. The third kappa shape index (κ3) is 3.43. The average Bonchev–Trinajstić information content (AvgIpc) is 3.13. The van der Waals surface area contributed by atoms with Gasteiger partial charge in [0, 0.05) is 19.6 Å². The molecule has 88 valence electrons. The molecule has 0 aromatic heterocycles. The van der Waals surface area contributed by atoms with E-state index in [9.17, 15) is 0 Å². The van der Waals surface area contributed by atoms with Crippen LogP contribution in [0, 0.1) is 11.3 Å². The van der Waals surface area contributed by atoms with Gasteiger partial charge >= 0.3 is 0 Å². The standard InChI is InChI=1S/C13H15N3S/c1-16(13(17)15-12-5-6-12)9-11-4-2-3-10(7-11)8-14/h2-4,7,12H,5-6,9H2,1H3,(H,15,17). The Kier molecular flexibility index (Phi) is 3.60. The van der Waals surface area contributed by atoms with Crippen LogP contribution in [0.25, 0.3) is 0 Å². The van der Waals surface area contributed by atoms with E-state index in [4.69, 9.17) is 17.5 Å². The first kappa shape index (κ1) is 11.9. The summed E-state index contributed by atoms with van der Waals surface area (Å²) in [6.07, 6.45) is 2.44. The first-order valence-corrected chi connectivity index (χ1v) is 6.10. The van der Waals surface area contributed by atoms with E-state index in [1.807, 2.05) is 36.2 Å². The van der Waals surface area contributed by atoms with Crippen LogP contribution in [0.2, 0.25) is 0 Å². The summed E-state index contributed by atoms with van der Waals surface area (Å²) in [4.78, 5) is 2.00. The van der Waals surface area contributed by atoms with Crippen molar-refractivity contribution in [2.24, 2.45) is 0 Å². The lowest BCUT2D eigenvalue weighted by atomic mass is 10.1. The highest BCUT2D eigenvalue weighted by Crippen LogP contribution is 2.19. The Hall–Kier alpha value is -1.60. The Morgan fingerprint density at radius 2 is 2.35 bits per heavy atom. The highest BCUT2D eigenvalue weighted by molar-refractivity contribution is 7.80. The van der Waals surface area contributed by atoms with E-state index in [0.29, 0.717) is 11.6 Å². The molecule has 1 fully saturated rings. The maximum atomic E-state index is 8.83. The molecule has 0 saturated heterocycles. The van der Waals surface area contributed by atoms with E-state index in [1.165, 1.54) is 12.8 Å². The first-order chi connectivity index (χ1) is 8.19. The predicted molar refractivity (Wildman–Crippen MR) is 71.4 cm³/mol. The fourth-order valence-corrected chi connectivity index (χ4v) is 1.83. The largest absolute Gasteiger partial charge is 0.360 e. The van der Waals surface area contributed by atoms with Crippen molar-refractivity contribution in [3.63, 3.8) is 0 Å². The van der Waals surface area contributed by atoms with Gasteiger partial charge in [0.25, 0.3) is 0 Å². The molecule has 0 amide bonds. The van der Waals surface area contributed by atoms with Crippen molar-refractivity contribution in [1.29, 1.82) is 5.26 Å². The normalized spacial score (nSPS) is 13.9. The molecule has 0 heterocycles. The van der Waals surface area contributed by atoms with E-state index < -0.39 is 0 Å². The van der Waals surface area contributed by atoms with Crippen LogP contribution in [-0.4, -0.2) is 23.1 Å². The van der Waals surface area contributed by atoms with Gasteiger partial charge in [0.05, 0.1) is 11.6 Å². The zero-order valence-corrected chi connectivity index (χ0v) is 10.6. The van der Waals surface area contributed by atoms with Crippen molar-refractivity contribution >= 4 is 17.3 Å². The van der Waals surface area contributed by atoms with Gasteiger partial charge in [-0.3, -0.25) is 0 Å². The first-order valence-electron chi connectivity index (χ1n) is 5.69. The molecular formula is C13H15N3S. The van der Waals surface area contributed by atoms with Gasteiger partial charge in [0.2, 0.25) is 0 Å². The Morgan fingerprint density at radius 1 is 1.59 bits per heavy atom. The van der Waals surface area contributed by atoms with E-state index in [-0.39, 0.29) is 0 Å². The second-order valence-corrected chi connectivity index (χ2v) is 4.78. The van der Waals surface area contributed by atoms with E-state index in [0.717, 1.165) is 17.2 Å². The van der Waals surface area contributed by atoms with Gasteiger partial charge in [0.1, 0.15) is 0 Å². The maximum Gasteiger partial charge on any atom is 0.169 e. The molecular weight excluding hydrogens is 230 g/mol. The predicted octanol–water partition coefficient (Wildman–Crippen LogP) is 2.03. The summed E-state index contributed by atoms with van der Waals surface area (Å²) >= 11 is 5.30. The molecule has 17 heavy (non-hydrogen) atoms. The summed E-state index contributed by atoms with van der Waals surface area (Å²) in [5.74, 6) is 0. The number of hydrogen-bond acceptors (Lipinski definition) is 2. The minimum absolute atomic E-state index is 0.579. The lowest BCUT2D eigenvalue weighted by molar-refractivity contribution is 0.488. The summed E-state index contributed by atoms with van der Waals surface area (Å²) in [6, 6.07) is 10.3. The molecule has 0 unspecified atom stereocenters. The van der Waals surface area contributed by atoms with Gasteiger partial charge in [-0.1, -0.05) is 12.1 Å². The number of rotatable bonds is 3. The van der Waals surface area contributed by atoms with Gasteiger partial charge in [-0.05, 0) is 42.8 Å². The number of hydrogen-bond donors (Lipinski definition) is 1. The maximum absolute atomic E-state index is 8.83. The SMILES string of the molecule is CN(Cc1cccc(C#N)c1)C(=S)NC1CC1. The summed E-state index contributed by atoms with van der Waals surface area (Å²) in [5.41, 5.74) is 1.79. The molecule has 3 nitrogen and oxygen atoms in total. The molecule has 1 N–H and O–H groups in total. The van der Waals surface area contributed by atoms with Crippen LogP contribution < -0.4 is 5.32 Å². The minimum atomic E-state index is 0.579. The Bertz CT molecular complexity index is 460. The van der Waals surface area contributed by atoms with Crippen LogP contribution in [0.3, 0.4) is 0 Å². The lowest BCUT2D eigenvalue weighted by Crippen LogP contribution is -2.37. The van der Waals surface area contributed by atoms with Gasteiger partial charge in [0.15, 0.2) is 5.11 Å². The Balaban J connectivity index is 1.94. The number of nitrogens with one attached hydrogen (secondary N) is 1. The summed E-state index contributed by atoms with van der Waals surface area (Å²) < 4.78 is 0. The third-order valence-electron chi connectivity index (χ3n) is 2.73. The van der Waals surface area contributed by atoms with Crippen molar-refractivity contribution in [1.82, 2.24) is 10.2 Å². The quantitative estimate of drug-likeness (QED) is 0.827. The van der Waals surface area contributed by atoms with Crippen LogP contribution in [0.5, 0.6) is 0 Å². The van der Waals surface area contributed by atoms with Crippen molar-refractivity contribution in [2.75, 3.05) is 7.05 Å². The number of nitriles is 1. The summed E-state index contributed by atoms with van der Waals surface area (Å²) in [5, 5.41) is 12.9. The third-order valence-corrected chi connectivity index (χ3v) is 3.16. The van der Waals surface area contributed by atoms with Crippen LogP contribution in [-0.2, 0) is 6.54 Å². The van der Waals surface area contributed by atoms with Crippen molar-refractivity contribution in [3.05, 3.63) is 35.4 Å². The van der Waals surface area contributed by atoms with Gasteiger partial charge in [-0.15, -0.1) is 0 Å². The molecule has 0 atom stereocenters. The van der Waals surface area contributed by atoms with Gasteiger partial charge < -0.3 is 10.2 Å². The van der Waals surface area contributed by atoms with Crippen LogP contribution in [0.4, 0.5) is 0 Å². The molecule has 4 heteroatoms. The molecule has 0 radical (unpaired) electrons. The fourth-order valence-electron chi connectivity index (χ4n) is 1.60. The zero-order valence-electron chi connectivity index (χ0n) is 9.81. The lowest BCUT2D eigenvalue weighted by Gasteiger charge is -2.21. The van der Waals surface area contributed by atoms with Gasteiger partial charge in [-0.25, -0.2) is 0 Å². The number of benzene rings is 1. The van der Waals surface area contributed by atoms with E-state index >= 15 is 0 Å². The molecule has 1 aliphatic rings. The summed E-state index contributed by atoms with van der Waals surface area (Å²) in [7, 11) is 1.97. The minimum Gasteiger partial charge on any atom is -0.360 e. The zero-order chi connectivity index (χ0) is 12.3. The van der Waals surface area contributed by atoms with Crippen molar-refractivity contribution in [3.8, 4) is 6.07 Å². The smallest absolute Gasteiger partial charge is 0.169 e. The van der Waals surface area contributed by atoms with Crippen molar-refractivity contribution in [2.45, 2.75) is 25.4 Å². The molecule has 1 aromatic rings. The number of thiocarbonyl (C=S) groups is 1. The molecule has 0 aliphatic heterocycles. The molecule has 1 saturated carbocycles. The monoisotopic (exact) mass is 245 g/mol. The number of nitrogens with zero attached hydrogens (tertiary/aromatic N) is 2. The molecule has 0 bridgehead atoms. The Labute approximate surface area is 107 Å². The van der Waals surface area contributed by atoms with Gasteiger partial charge in [-0.2, -0.15) is 5.26 Å². The summed E-state index contributed by atoms with van der Waals surface area (Å²) in [6.45, 7) is 0.730. The molecule has 0 spiro atoms. The average molecular weight is 245 g/mol. The second kappa shape index (κ2) is 5.15. The molecule has 1 aromatic carbocycles. The van der Waals surface area contributed by atoms with Crippen LogP contribution in [0.1, 0.15) is 24.0 Å². The molecule has 2 rings (SSSR count). The molecule has 1 aliphatic carbocycles. The Morgan fingerprint density at radius 3 is 3.00 bits per heavy atom. The van der Waals surface area contributed by atoms with Crippen LogP contribution >= 0.6 is 12.2 Å². The highest BCUT2D eigenvalue weighted by Gasteiger charge is 2.22. The van der Waals surface area contributed by atoms with Crippen molar-refractivity contribution < 1.29 is 0 Å². The van der Waals surface area contributed by atoms with E-state index in [1.54, 1.807) is 0 Å². The van der Waals surface area contributed by atoms with Crippen LogP contribution in [0.15, 0.2) is 24.3 Å².